The smallest absolute Gasteiger partial charge is 0.407 e. The minimum absolute atomic E-state index is 0.00122. The highest BCUT2D eigenvalue weighted by molar-refractivity contribution is 5.87. The molecular formula is C27H35N3O3. The minimum Gasteiger partial charge on any atom is -0.449 e. The maximum Gasteiger partial charge on any atom is 0.407 e. The number of hydrogen-bond acceptors (Lipinski definition) is 4. The van der Waals surface area contributed by atoms with Gasteiger partial charge in [0.15, 0.2) is 0 Å². The maximum atomic E-state index is 13.2. The van der Waals surface area contributed by atoms with Crippen molar-refractivity contribution in [1.82, 2.24) is 15.5 Å². The van der Waals surface area contributed by atoms with Crippen molar-refractivity contribution >= 4 is 12.0 Å². The van der Waals surface area contributed by atoms with E-state index in [1.807, 2.05) is 29.2 Å². The third-order valence-corrected chi connectivity index (χ3v) is 6.86. The van der Waals surface area contributed by atoms with Crippen LogP contribution in [0, 0.1) is 5.92 Å². The van der Waals surface area contributed by atoms with Gasteiger partial charge in [0.2, 0.25) is 5.91 Å². The quantitative estimate of drug-likeness (QED) is 0.635. The number of hydrogen-bond donors (Lipinski definition) is 2. The monoisotopic (exact) mass is 449 g/mol. The number of benzene rings is 2. The number of ether oxygens (including phenoxy) is 1. The molecule has 1 unspecified atom stereocenters. The first-order valence-electron chi connectivity index (χ1n) is 12.1. The van der Waals surface area contributed by atoms with Gasteiger partial charge >= 0.3 is 6.09 Å². The minimum atomic E-state index is -0.578. The number of fused-ring (bicyclic) bond motifs is 3. The lowest BCUT2D eigenvalue weighted by Crippen LogP contribution is -2.68. The van der Waals surface area contributed by atoms with Crippen molar-refractivity contribution in [2.45, 2.75) is 58.2 Å². The first-order chi connectivity index (χ1) is 15.9. The molecule has 2 aliphatic rings. The van der Waals surface area contributed by atoms with Gasteiger partial charge in [-0.2, -0.15) is 0 Å². The Bertz CT molecular complexity index is 960. The molecule has 2 N–H and O–H groups in total. The van der Waals surface area contributed by atoms with Crippen molar-refractivity contribution < 1.29 is 14.3 Å². The van der Waals surface area contributed by atoms with E-state index in [1.54, 1.807) is 0 Å². The fourth-order valence-corrected chi connectivity index (χ4v) is 5.07. The van der Waals surface area contributed by atoms with Crippen LogP contribution < -0.4 is 10.6 Å². The van der Waals surface area contributed by atoms with E-state index in [2.05, 4.69) is 62.6 Å². The normalized spacial score (nSPS) is 20.1. The predicted octanol–water partition coefficient (Wildman–Crippen LogP) is 4.15. The summed E-state index contributed by atoms with van der Waals surface area (Å²) in [4.78, 5) is 27.8. The fourth-order valence-electron chi connectivity index (χ4n) is 5.07. The molecule has 33 heavy (non-hydrogen) atoms. The zero-order valence-corrected chi connectivity index (χ0v) is 20.0. The average molecular weight is 450 g/mol. The van der Waals surface area contributed by atoms with Crippen LogP contribution in [0.3, 0.4) is 0 Å². The zero-order valence-electron chi connectivity index (χ0n) is 20.0. The molecule has 2 aromatic rings. The van der Waals surface area contributed by atoms with Gasteiger partial charge in [0.1, 0.15) is 12.6 Å². The molecule has 176 valence electrons. The molecule has 0 bridgehead atoms. The molecule has 0 saturated carbocycles. The van der Waals surface area contributed by atoms with Gasteiger partial charge in [-0.05, 0) is 48.1 Å². The van der Waals surface area contributed by atoms with Crippen LogP contribution in [0.15, 0.2) is 48.5 Å². The van der Waals surface area contributed by atoms with E-state index in [4.69, 9.17) is 4.74 Å². The third-order valence-electron chi connectivity index (χ3n) is 6.86. The van der Waals surface area contributed by atoms with Crippen molar-refractivity contribution in [2.24, 2.45) is 5.92 Å². The first kappa shape index (κ1) is 23.3. The summed E-state index contributed by atoms with van der Waals surface area (Å²) in [6.07, 6.45) is 0.0465. The van der Waals surface area contributed by atoms with Gasteiger partial charge in [-0.25, -0.2) is 4.79 Å². The van der Waals surface area contributed by atoms with Crippen LogP contribution in [0.1, 0.15) is 51.2 Å². The Morgan fingerprint density at radius 2 is 1.67 bits per heavy atom. The molecule has 1 aliphatic heterocycles. The number of carbonyl (C=O) groups excluding carboxylic acids is 2. The number of likely N-dealkylation sites (tertiary alicyclic amines) is 1. The summed E-state index contributed by atoms with van der Waals surface area (Å²) < 4.78 is 5.69. The molecule has 6 nitrogen and oxygen atoms in total. The SMILES string of the molecule is CCN[C@@H]1CN(C(=O)[C@H](CC(C)C)NC(=O)OCC2c3ccccc3-c3ccccc32)C1C. The number of carbonyl (C=O) groups is 2. The molecule has 3 atom stereocenters. The Morgan fingerprint density at radius 1 is 1.06 bits per heavy atom. The number of likely N-dealkylation sites (N-methyl/N-ethyl adjacent to an activating group) is 1. The molecule has 0 aromatic heterocycles. The molecule has 2 amide bonds. The fraction of sp³-hybridized carbons (Fsp3) is 0.481. The molecule has 1 aliphatic carbocycles. The Hall–Kier alpha value is -2.86. The summed E-state index contributed by atoms with van der Waals surface area (Å²) in [5, 5.41) is 6.26. The second-order valence-electron chi connectivity index (χ2n) is 9.55. The van der Waals surface area contributed by atoms with Crippen LogP contribution in [0.2, 0.25) is 0 Å². The lowest BCUT2D eigenvalue weighted by Gasteiger charge is -2.48. The van der Waals surface area contributed by atoms with Crippen molar-refractivity contribution in [1.29, 1.82) is 0 Å². The largest absolute Gasteiger partial charge is 0.449 e. The van der Waals surface area contributed by atoms with Gasteiger partial charge in [-0.1, -0.05) is 69.3 Å². The summed E-state index contributed by atoms with van der Waals surface area (Å²) in [5.41, 5.74) is 4.73. The summed E-state index contributed by atoms with van der Waals surface area (Å²) in [6, 6.07) is 16.4. The highest BCUT2D eigenvalue weighted by Gasteiger charge is 2.41. The van der Waals surface area contributed by atoms with Crippen molar-refractivity contribution in [3.8, 4) is 11.1 Å². The van der Waals surface area contributed by atoms with E-state index < -0.39 is 12.1 Å². The molecule has 0 spiro atoms. The van der Waals surface area contributed by atoms with Gasteiger partial charge < -0.3 is 20.3 Å². The molecule has 4 rings (SSSR count). The van der Waals surface area contributed by atoms with E-state index in [-0.39, 0.29) is 30.4 Å². The second kappa shape index (κ2) is 9.96. The Morgan fingerprint density at radius 3 is 2.21 bits per heavy atom. The van der Waals surface area contributed by atoms with Crippen molar-refractivity contribution in [3.63, 3.8) is 0 Å². The predicted molar refractivity (Wildman–Crippen MR) is 130 cm³/mol. The van der Waals surface area contributed by atoms with Gasteiger partial charge in [-0.15, -0.1) is 0 Å². The summed E-state index contributed by atoms with van der Waals surface area (Å²) >= 11 is 0. The van der Waals surface area contributed by atoms with E-state index in [0.717, 1.165) is 6.54 Å². The number of nitrogens with zero attached hydrogens (tertiary/aromatic N) is 1. The Balaban J connectivity index is 1.40. The first-order valence-corrected chi connectivity index (χ1v) is 12.1. The Kier molecular flexibility index (Phi) is 7.03. The standard InChI is InChI=1S/C27H35N3O3/c1-5-28-25-15-30(18(25)4)26(31)24(14-17(2)3)29-27(32)33-16-23-21-12-8-6-10-19(21)20-11-7-9-13-22(20)23/h6-13,17-18,23-25,28H,5,14-16H2,1-4H3,(H,29,32)/t18?,24-,25+/m0/s1. The molecular weight excluding hydrogens is 414 g/mol. The maximum absolute atomic E-state index is 13.2. The van der Waals surface area contributed by atoms with Crippen LogP contribution in [-0.4, -0.2) is 54.7 Å². The van der Waals surface area contributed by atoms with Crippen LogP contribution in [-0.2, 0) is 9.53 Å². The third kappa shape index (κ3) is 4.76. The summed E-state index contributed by atoms with van der Waals surface area (Å²) in [5.74, 6) is 0.242. The van der Waals surface area contributed by atoms with Crippen LogP contribution in [0.5, 0.6) is 0 Å². The highest BCUT2D eigenvalue weighted by atomic mass is 16.5. The van der Waals surface area contributed by atoms with Gasteiger partial charge in [0.25, 0.3) is 0 Å². The molecule has 1 heterocycles. The van der Waals surface area contributed by atoms with E-state index in [9.17, 15) is 9.59 Å². The van der Waals surface area contributed by atoms with Crippen LogP contribution in [0.25, 0.3) is 11.1 Å². The van der Waals surface area contributed by atoms with Crippen LogP contribution >= 0.6 is 0 Å². The number of rotatable bonds is 8. The highest BCUT2D eigenvalue weighted by Crippen LogP contribution is 2.44. The lowest BCUT2D eigenvalue weighted by molar-refractivity contribution is -0.143. The number of nitrogens with one attached hydrogen (secondary N) is 2. The second-order valence-corrected chi connectivity index (χ2v) is 9.55. The van der Waals surface area contributed by atoms with Crippen LogP contribution in [0.4, 0.5) is 4.79 Å². The molecule has 1 fully saturated rings. The van der Waals surface area contributed by atoms with Crippen molar-refractivity contribution in [2.75, 3.05) is 19.7 Å². The Labute approximate surface area is 196 Å². The van der Waals surface area contributed by atoms with Gasteiger partial charge in [0, 0.05) is 24.5 Å². The molecule has 2 aromatic carbocycles. The van der Waals surface area contributed by atoms with Gasteiger partial charge in [-0.3, -0.25) is 4.79 Å². The topological polar surface area (TPSA) is 70.7 Å². The lowest BCUT2D eigenvalue weighted by atomic mass is 9.94. The van der Waals surface area contributed by atoms with E-state index >= 15 is 0 Å². The molecule has 6 heteroatoms. The number of amides is 2. The summed E-state index contributed by atoms with van der Waals surface area (Å²) in [6.45, 7) is 10.0. The zero-order chi connectivity index (χ0) is 23.5. The average Bonchev–Trinajstić information content (AvgIpc) is 3.12. The van der Waals surface area contributed by atoms with E-state index in [1.165, 1.54) is 22.3 Å². The molecule has 0 radical (unpaired) electrons. The number of alkyl carbamates (subject to hydrolysis) is 1. The molecule has 1 saturated heterocycles. The van der Waals surface area contributed by atoms with E-state index in [0.29, 0.717) is 19.0 Å². The van der Waals surface area contributed by atoms with Gasteiger partial charge in [0.05, 0.1) is 0 Å². The summed E-state index contributed by atoms with van der Waals surface area (Å²) in [7, 11) is 0. The van der Waals surface area contributed by atoms with Crippen molar-refractivity contribution in [3.05, 3.63) is 59.7 Å².